The van der Waals surface area contributed by atoms with Crippen LogP contribution in [0.25, 0.3) is 0 Å². The highest BCUT2D eigenvalue weighted by atomic mass is 19.4. The van der Waals surface area contributed by atoms with Crippen molar-refractivity contribution in [2.75, 3.05) is 13.1 Å². The highest BCUT2D eigenvalue weighted by molar-refractivity contribution is 5.80. The van der Waals surface area contributed by atoms with Crippen molar-refractivity contribution in [2.45, 2.75) is 25.4 Å². The van der Waals surface area contributed by atoms with E-state index in [0.29, 0.717) is 31.5 Å². The molecule has 1 aliphatic rings. The molecule has 0 bridgehead atoms. The maximum atomic E-state index is 12.6. The topological polar surface area (TPSA) is 63.4 Å². The summed E-state index contributed by atoms with van der Waals surface area (Å²) in [7, 11) is 0. The number of piperidine rings is 1. The molecule has 0 aliphatic carbocycles. The van der Waals surface area contributed by atoms with Gasteiger partial charge in [0.2, 0.25) is 11.8 Å². The standard InChI is InChI=1S/C15H17F3N2O2/c16-15(17,18)12-3-1-2-10(8-12)9-13(21)20-6-4-11(5-7-20)14(19)22/h1-3,8,11H,4-7,9H2,(H2,19,22). The molecule has 0 saturated carbocycles. The van der Waals surface area contributed by atoms with E-state index in [1.165, 1.54) is 12.1 Å². The molecule has 2 N–H and O–H groups in total. The van der Waals surface area contributed by atoms with Crippen molar-refractivity contribution in [3.05, 3.63) is 35.4 Å². The van der Waals surface area contributed by atoms with Crippen LogP contribution in [-0.2, 0) is 22.2 Å². The predicted octanol–water partition coefficient (Wildman–Crippen LogP) is 1.97. The first-order valence-electron chi connectivity index (χ1n) is 7.00. The second-order valence-corrected chi connectivity index (χ2v) is 5.43. The smallest absolute Gasteiger partial charge is 0.369 e. The largest absolute Gasteiger partial charge is 0.416 e. The zero-order valence-electron chi connectivity index (χ0n) is 11.9. The molecule has 1 heterocycles. The number of hydrogen-bond acceptors (Lipinski definition) is 2. The number of rotatable bonds is 3. The number of hydrogen-bond donors (Lipinski definition) is 1. The summed E-state index contributed by atoms with van der Waals surface area (Å²) in [6.45, 7) is 0.816. The van der Waals surface area contributed by atoms with Crippen LogP contribution in [0.2, 0.25) is 0 Å². The second-order valence-electron chi connectivity index (χ2n) is 5.43. The Hall–Kier alpha value is -2.05. The molecular weight excluding hydrogens is 297 g/mol. The molecule has 2 rings (SSSR count). The van der Waals surface area contributed by atoms with E-state index in [2.05, 4.69) is 0 Å². The van der Waals surface area contributed by atoms with Crippen LogP contribution in [0.1, 0.15) is 24.0 Å². The van der Waals surface area contributed by atoms with Crippen LogP contribution in [0.3, 0.4) is 0 Å². The Morgan fingerprint density at radius 3 is 2.41 bits per heavy atom. The van der Waals surface area contributed by atoms with E-state index in [9.17, 15) is 22.8 Å². The monoisotopic (exact) mass is 314 g/mol. The molecule has 7 heteroatoms. The van der Waals surface area contributed by atoms with Gasteiger partial charge < -0.3 is 10.6 Å². The van der Waals surface area contributed by atoms with Crippen molar-refractivity contribution in [3.8, 4) is 0 Å². The normalized spacial score (nSPS) is 16.6. The third-order valence-electron chi connectivity index (χ3n) is 3.86. The summed E-state index contributed by atoms with van der Waals surface area (Å²) in [4.78, 5) is 24.8. The van der Waals surface area contributed by atoms with Crippen molar-refractivity contribution in [1.29, 1.82) is 0 Å². The van der Waals surface area contributed by atoms with Gasteiger partial charge in [-0.25, -0.2) is 0 Å². The van der Waals surface area contributed by atoms with E-state index in [0.717, 1.165) is 12.1 Å². The van der Waals surface area contributed by atoms with Crippen LogP contribution in [0.4, 0.5) is 13.2 Å². The van der Waals surface area contributed by atoms with E-state index in [4.69, 9.17) is 5.73 Å². The van der Waals surface area contributed by atoms with Crippen LogP contribution >= 0.6 is 0 Å². The lowest BCUT2D eigenvalue weighted by molar-refractivity contribution is -0.138. The minimum Gasteiger partial charge on any atom is -0.369 e. The summed E-state index contributed by atoms with van der Waals surface area (Å²) >= 11 is 0. The number of carbonyl (C=O) groups excluding carboxylic acids is 2. The first kappa shape index (κ1) is 16.3. The lowest BCUT2D eigenvalue weighted by atomic mass is 9.96. The van der Waals surface area contributed by atoms with Gasteiger partial charge in [-0.3, -0.25) is 9.59 Å². The lowest BCUT2D eigenvalue weighted by Crippen LogP contribution is -2.42. The summed E-state index contributed by atoms with van der Waals surface area (Å²) in [5, 5.41) is 0. The van der Waals surface area contributed by atoms with Gasteiger partial charge in [-0.2, -0.15) is 13.2 Å². The number of likely N-dealkylation sites (tertiary alicyclic amines) is 1. The number of carbonyl (C=O) groups is 2. The zero-order valence-corrected chi connectivity index (χ0v) is 11.9. The molecule has 4 nitrogen and oxygen atoms in total. The lowest BCUT2D eigenvalue weighted by Gasteiger charge is -2.30. The Labute approximate surface area is 126 Å². The fourth-order valence-corrected chi connectivity index (χ4v) is 2.56. The number of nitrogens with zero attached hydrogens (tertiary/aromatic N) is 1. The summed E-state index contributed by atoms with van der Waals surface area (Å²) < 4.78 is 37.9. The predicted molar refractivity (Wildman–Crippen MR) is 73.6 cm³/mol. The van der Waals surface area contributed by atoms with E-state index in [-0.39, 0.29) is 24.2 Å². The maximum Gasteiger partial charge on any atom is 0.416 e. The van der Waals surface area contributed by atoms with Gasteiger partial charge in [0.25, 0.3) is 0 Å². The number of halogens is 3. The zero-order chi connectivity index (χ0) is 16.3. The summed E-state index contributed by atoms with van der Waals surface area (Å²) in [5.41, 5.74) is 4.79. The molecule has 1 aromatic rings. The molecule has 1 aromatic carbocycles. The first-order chi connectivity index (χ1) is 10.3. The number of alkyl halides is 3. The Morgan fingerprint density at radius 1 is 1.23 bits per heavy atom. The van der Waals surface area contributed by atoms with Crippen LogP contribution < -0.4 is 5.73 Å². The maximum absolute atomic E-state index is 12.6. The van der Waals surface area contributed by atoms with Gasteiger partial charge >= 0.3 is 6.18 Å². The third kappa shape index (κ3) is 3.99. The SMILES string of the molecule is NC(=O)C1CCN(C(=O)Cc2cccc(C(F)(F)F)c2)CC1. The minimum atomic E-state index is -4.42. The van der Waals surface area contributed by atoms with Crippen molar-refractivity contribution in [2.24, 2.45) is 11.7 Å². The number of nitrogens with two attached hydrogens (primary N) is 1. The molecule has 120 valence electrons. The second kappa shape index (κ2) is 6.37. The molecule has 1 fully saturated rings. The molecule has 2 amide bonds. The van der Waals surface area contributed by atoms with Crippen LogP contribution in [0, 0.1) is 5.92 Å². The summed E-state index contributed by atoms with van der Waals surface area (Å²) in [6, 6.07) is 4.77. The number of benzene rings is 1. The molecule has 22 heavy (non-hydrogen) atoms. The number of primary amides is 1. The quantitative estimate of drug-likeness (QED) is 0.927. The van der Waals surface area contributed by atoms with Crippen LogP contribution in [0.5, 0.6) is 0 Å². The van der Waals surface area contributed by atoms with E-state index in [1.54, 1.807) is 4.90 Å². The van der Waals surface area contributed by atoms with Crippen LogP contribution in [-0.4, -0.2) is 29.8 Å². The Kier molecular flexibility index (Phi) is 4.73. The van der Waals surface area contributed by atoms with Crippen molar-refractivity contribution < 1.29 is 22.8 Å². The minimum absolute atomic E-state index is 0.0782. The Bertz CT molecular complexity index is 564. The molecule has 0 spiro atoms. The number of amides is 2. The van der Waals surface area contributed by atoms with Gasteiger partial charge in [0.05, 0.1) is 12.0 Å². The third-order valence-corrected chi connectivity index (χ3v) is 3.86. The van der Waals surface area contributed by atoms with Gasteiger partial charge in [0.15, 0.2) is 0 Å². The Morgan fingerprint density at radius 2 is 1.86 bits per heavy atom. The molecule has 0 atom stereocenters. The van der Waals surface area contributed by atoms with Gasteiger partial charge in [-0.05, 0) is 24.5 Å². The van der Waals surface area contributed by atoms with E-state index in [1.807, 2.05) is 0 Å². The molecule has 0 aromatic heterocycles. The van der Waals surface area contributed by atoms with Gasteiger partial charge in [0, 0.05) is 19.0 Å². The van der Waals surface area contributed by atoms with E-state index < -0.39 is 11.7 Å². The van der Waals surface area contributed by atoms with Crippen molar-refractivity contribution >= 4 is 11.8 Å². The average molecular weight is 314 g/mol. The van der Waals surface area contributed by atoms with Gasteiger partial charge in [-0.1, -0.05) is 18.2 Å². The highest BCUT2D eigenvalue weighted by Crippen LogP contribution is 2.29. The fraction of sp³-hybridized carbons (Fsp3) is 0.467. The average Bonchev–Trinajstić information content (AvgIpc) is 2.46. The van der Waals surface area contributed by atoms with Gasteiger partial charge in [-0.15, -0.1) is 0 Å². The molecular formula is C15H17F3N2O2. The van der Waals surface area contributed by atoms with Crippen molar-refractivity contribution in [1.82, 2.24) is 4.90 Å². The summed E-state index contributed by atoms with van der Waals surface area (Å²) in [6.07, 6.45) is -3.49. The van der Waals surface area contributed by atoms with Crippen LogP contribution in [0.15, 0.2) is 24.3 Å². The van der Waals surface area contributed by atoms with Gasteiger partial charge in [0.1, 0.15) is 0 Å². The molecule has 0 unspecified atom stereocenters. The fourth-order valence-electron chi connectivity index (χ4n) is 2.56. The van der Waals surface area contributed by atoms with E-state index >= 15 is 0 Å². The first-order valence-corrected chi connectivity index (χ1v) is 7.00. The molecule has 0 radical (unpaired) electrons. The molecule has 1 aliphatic heterocycles. The Balaban J connectivity index is 1.97. The highest BCUT2D eigenvalue weighted by Gasteiger charge is 2.31. The molecule has 1 saturated heterocycles. The van der Waals surface area contributed by atoms with Crippen molar-refractivity contribution in [3.63, 3.8) is 0 Å². The summed E-state index contributed by atoms with van der Waals surface area (Å²) in [5.74, 6) is -0.829.